The van der Waals surface area contributed by atoms with Gasteiger partial charge in [0, 0.05) is 94.2 Å². The average Bonchev–Trinajstić information content (AvgIpc) is 3.64. The summed E-state index contributed by atoms with van der Waals surface area (Å²) in [6.45, 7) is 23.2. The molecule has 2 bridgehead atoms. The van der Waals surface area contributed by atoms with Crippen molar-refractivity contribution in [2.45, 2.75) is 143 Å². The van der Waals surface area contributed by atoms with Gasteiger partial charge >= 0.3 is 0 Å². The molecule has 82 heavy (non-hydrogen) atoms. The minimum atomic E-state index is -0.464. The van der Waals surface area contributed by atoms with E-state index >= 15 is 4.39 Å². The summed E-state index contributed by atoms with van der Waals surface area (Å²) >= 11 is 1.64. The van der Waals surface area contributed by atoms with Gasteiger partial charge in [0.05, 0.1) is 27.5 Å². The van der Waals surface area contributed by atoms with E-state index < -0.39 is 5.82 Å². The molecule has 16 nitrogen and oxygen atoms in total. The number of benzene rings is 3. The summed E-state index contributed by atoms with van der Waals surface area (Å²) in [5.74, 6) is 4.45. The molecule has 0 aliphatic carbocycles. The summed E-state index contributed by atoms with van der Waals surface area (Å²) in [5.41, 5.74) is 7.37. The predicted octanol–water partition coefficient (Wildman–Crippen LogP) is 11.1. The van der Waals surface area contributed by atoms with Crippen LogP contribution in [-0.2, 0) is 22.4 Å². The third-order valence-electron chi connectivity index (χ3n) is 17.5. The number of halogens is 1. The Hall–Kier alpha value is -6.76. The molecule has 4 atom stereocenters. The second-order valence-corrected chi connectivity index (χ2v) is 24.3. The molecular formula is C64H83FN12O4S. The first-order valence-electron chi connectivity index (χ1n) is 30.1. The highest BCUT2D eigenvalue weighted by molar-refractivity contribution is 7.13. The zero-order valence-electron chi connectivity index (χ0n) is 49.0. The smallest absolute Gasteiger partial charge is 0.228 e. The van der Waals surface area contributed by atoms with Crippen molar-refractivity contribution in [1.29, 1.82) is 0 Å². The Kier molecular flexibility index (Phi) is 19.0. The van der Waals surface area contributed by atoms with Gasteiger partial charge in [0.25, 0.3) is 0 Å². The summed E-state index contributed by atoms with van der Waals surface area (Å²) in [7, 11) is 0. The van der Waals surface area contributed by atoms with E-state index in [1.54, 1.807) is 29.7 Å². The molecule has 6 saturated heterocycles. The number of piperazine rings is 1. The van der Waals surface area contributed by atoms with Gasteiger partial charge in [-0.2, -0.15) is 4.98 Å². The molecule has 4 unspecified atom stereocenters. The number of nitrogens with zero attached hydrogens (tertiary/aromatic N) is 10. The monoisotopic (exact) mass is 1130 g/mol. The minimum absolute atomic E-state index is 0.0455. The van der Waals surface area contributed by atoms with Crippen LogP contribution in [0.4, 0.5) is 22.0 Å². The van der Waals surface area contributed by atoms with E-state index in [2.05, 4.69) is 99.3 Å². The van der Waals surface area contributed by atoms with E-state index in [0.717, 1.165) is 154 Å². The fourth-order valence-electron chi connectivity index (χ4n) is 12.8. The Morgan fingerprint density at radius 1 is 0.854 bits per heavy atom. The summed E-state index contributed by atoms with van der Waals surface area (Å²) in [6.07, 6.45) is 14.8. The third kappa shape index (κ3) is 13.0. The fraction of sp³-hybridized carbons (Fsp3) is 0.516. The SMILES string of the molecule is CC1CCCN1C=O.CCC.CCc1cc(N2CC(CC3CCN(C4CN(c5nc(N6CC7CCC(C6)N7)c6cnc(-c7cc(O)cc8cccc(CC)c78)c(F)c6n5)C4)CC3)C2)no1.Cc1ncsc1-c1ccc(C(C)NC=O)cc1. The number of aryl methyl sites for hydroxylation is 3. The second-order valence-electron chi connectivity index (χ2n) is 23.4. The van der Waals surface area contributed by atoms with Crippen LogP contribution in [0.5, 0.6) is 5.75 Å². The van der Waals surface area contributed by atoms with Gasteiger partial charge in [-0.15, -0.1) is 11.3 Å². The van der Waals surface area contributed by atoms with Crippen LogP contribution in [0.1, 0.15) is 122 Å². The van der Waals surface area contributed by atoms with E-state index in [9.17, 15) is 14.7 Å². The number of amides is 2. The molecule has 6 aliphatic heterocycles. The third-order valence-corrected chi connectivity index (χ3v) is 18.5. The Balaban J connectivity index is 0.000000220. The number of hydrogen-bond acceptors (Lipinski definition) is 15. The van der Waals surface area contributed by atoms with Gasteiger partial charge in [0.15, 0.2) is 11.6 Å². The molecule has 6 aliphatic rings. The first-order chi connectivity index (χ1) is 39.9. The number of rotatable bonds is 14. The molecule has 3 N–H and O–H groups in total. The number of pyridine rings is 1. The van der Waals surface area contributed by atoms with Crippen LogP contribution < -0.4 is 25.3 Å². The van der Waals surface area contributed by atoms with Crippen LogP contribution in [0.25, 0.3) is 43.4 Å². The van der Waals surface area contributed by atoms with Gasteiger partial charge in [0.1, 0.15) is 28.5 Å². The maximum Gasteiger partial charge on any atom is 0.228 e. The van der Waals surface area contributed by atoms with Crippen molar-refractivity contribution >= 4 is 63.4 Å². The molecule has 0 radical (unpaired) electrons. The number of thiazole rings is 1. The highest BCUT2D eigenvalue weighted by atomic mass is 32.1. The van der Waals surface area contributed by atoms with Crippen LogP contribution in [0.3, 0.4) is 0 Å². The number of carbonyl (C=O) groups is 2. The Labute approximate surface area is 486 Å². The summed E-state index contributed by atoms with van der Waals surface area (Å²) in [6, 6.07) is 21.5. The largest absolute Gasteiger partial charge is 0.508 e. The molecule has 10 heterocycles. The van der Waals surface area contributed by atoms with Crippen molar-refractivity contribution < 1.29 is 23.6 Å². The molecule has 2 amide bonds. The highest BCUT2D eigenvalue weighted by Crippen LogP contribution is 2.41. The molecule has 0 spiro atoms. The summed E-state index contributed by atoms with van der Waals surface area (Å²) in [5, 5.41) is 23.8. The lowest BCUT2D eigenvalue weighted by Crippen LogP contribution is -2.61. The lowest BCUT2D eigenvalue weighted by molar-refractivity contribution is -0.118. The molecule has 0 saturated carbocycles. The van der Waals surface area contributed by atoms with E-state index in [0.29, 0.717) is 46.6 Å². The quantitative estimate of drug-likeness (QED) is 0.0878. The van der Waals surface area contributed by atoms with Gasteiger partial charge in [0.2, 0.25) is 18.8 Å². The number of likely N-dealkylation sites (tertiary alicyclic amines) is 2. The zero-order chi connectivity index (χ0) is 57.4. The first-order valence-corrected chi connectivity index (χ1v) is 31.0. The van der Waals surface area contributed by atoms with Crippen molar-refractivity contribution in [3.8, 4) is 27.4 Å². The number of piperidine rings is 1. The van der Waals surface area contributed by atoms with Crippen molar-refractivity contribution in [2.75, 3.05) is 73.6 Å². The Morgan fingerprint density at radius 2 is 1.60 bits per heavy atom. The van der Waals surface area contributed by atoms with Gasteiger partial charge in [-0.25, -0.2) is 14.4 Å². The summed E-state index contributed by atoms with van der Waals surface area (Å²) < 4.78 is 22.5. The molecule has 6 fully saturated rings. The highest BCUT2D eigenvalue weighted by Gasteiger charge is 2.39. The molecule has 13 rings (SSSR count). The predicted molar refractivity (Wildman–Crippen MR) is 327 cm³/mol. The molecule has 436 valence electrons. The van der Waals surface area contributed by atoms with E-state index in [1.165, 1.54) is 49.0 Å². The van der Waals surface area contributed by atoms with Crippen LogP contribution in [0.15, 0.2) is 76.9 Å². The molecular weight excluding hydrogens is 1050 g/mol. The van der Waals surface area contributed by atoms with Crippen LogP contribution in [-0.4, -0.2) is 136 Å². The number of hydrogen-bond donors (Lipinski definition) is 3. The van der Waals surface area contributed by atoms with Gasteiger partial charge < -0.3 is 39.9 Å². The topological polar surface area (TPSA) is 172 Å². The Morgan fingerprint density at radius 3 is 2.22 bits per heavy atom. The van der Waals surface area contributed by atoms with E-state index in [4.69, 9.17) is 19.5 Å². The van der Waals surface area contributed by atoms with E-state index in [-0.39, 0.29) is 17.5 Å². The first kappa shape index (κ1) is 58.4. The minimum Gasteiger partial charge on any atom is -0.508 e. The normalized spacial score (nSPS) is 20.5. The van der Waals surface area contributed by atoms with E-state index in [1.807, 2.05) is 48.5 Å². The van der Waals surface area contributed by atoms with Gasteiger partial charge in [-0.3, -0.25) is 19.5 Å². The number of aromatic hydroxyl groups is 1. The maximum atomic E-state index is 17.1. The molecule has 18 heteroatoms. The fourth-order valence-corrected chi connectivity index (χ4v) is 13.6. The van der Waals surface area contributed by atoms with Crippen molar-refractivity contribution in [3.63, 3.8) is 0 Å². The van der Waals surface area contributed by atoms with Crippen LogP contribution in [0.2, 0.25) is 0 Å². The number of anilines is 3. The van der Waals surface area contributed by atoms with Crippen molar-refractivity contribution in [3.05, 3.63) is 101 Å². The second kappa shape index (κ2) is 26.7. The van der Waals surface area contributed by atoms with Gasteiger partial charge in [-0.1, -0.05) is 81.7 Å². The molecule has 3 aromatic carbocycles. The number of phenolic OH excluding ortho intramolecular Hbond substituents is 1. The number of carbonyl (C=O) groups excluding carboxylic acids is 2. The maximum absolute atomic E-state index is 17.1. The van der Waals surface area contributed by atoms with Crippen LogP contribution in [0, 0.1) is 24.6 Å². The average molecular weight is 1140 g/mol. The summed E-state index contributed by atoms with van der Waals surface area (Å²) in [4.78, 5) is 52.3. The van der Waals surface area contributed by atoms with Crippen molar-refractivity contribution in [1.82, 2.24) is 45.5 Å². The molecule has 4 aromatic heterocycles. The lowest BCUT2D eigenvalue weighted by Gasteiger charge is -2.48. The number of aromatic nitrogens is 5. The van der Waals surface area contributed by atoms with Crippen LogP contribution >= 0.6 is 11.3 Å². The van der Waals surface area contributed by atoms with Gasteiger partial charge in [-0.05, 0) is 137 Å². The number of fused-ring (bicyclic) bond motifs is 4. The number of phenols is 1. The zero-order valence-corrected chi connectivity index (χ0v) is 49.8. The standard InChI is InChI=1S/C42H50FN9O2.C13H14N2OS.C6H11NO.C3H8/c1-3-27-6-5-7-28-15-32(53)16-34(37(27)28)39-38(43)40-35(18-44-39)41(51-21-29-8-9-30(22-51)45-29)47-42(46-40)52-23-31(24-52)49-12-10-25(11-13-49)14-26-19-50(20-26)36-17-33(4-2)54-48-36;1-9(14-7-16)11-3-5-12(6-4-11)13-10(2)15-8-17-13;1-6-3-2-4-7(6)5-8;1-3-2/h5-7,15-18,25-26,29-31,45,53H,3-4,8-14,19-24H2,1-2H3;3-9H,1-2H3,(H,14,16);5-6H,2-4H2,1H3;3H2,1-2H3. The van der Waals surface area contributed by atoms with Crippen molar-refractivity contribution in [2.24, 2.45) is 11.8 Å². The molecule has 7 aromatic rings. The lowest BCUT2D eigenvalue weighted by atomic mass is 9.83. The number of nitrogens with one attached hydrogen (secondary N) is 2. The Bertz CT molecular complexity index is 3250.